The lowest BCUT2D eigenvalue weighted by molar-refractivity contribution is 0.594. The summed E-state index contributed by atoms with van der Waals surface area (Å²) in [5.74, 6) is -6.45. The van der Waals surface area contributed by atoms with E-state index < -0.39 is 186 Å². The zero-order valence-corrected chi connectivity index (χ0v) is 40.2. The Hall–Kier alpha value is -7.82. The average Bonchev–Trinajstić information content (AvgIpc) is 1.52. The van der Waals surface area contributed by atoms with Crippen molar-refractivity contribution in [1.82, 2.24) is 8.80 Å². The van der Waals surface area contributed by atoms with Crippen molar-refractivity contribution in [3.63, 3.8) is 0 Å². The second kappa shape index (κ2) is 15.8. The number of nitrogens with zero attached hydrogens (tertiary/aromatic N) is 4. The molecule has 4 heterocycles. The normalized spacial score (nSPS) is 20.1. The molecule has 0 saturated heterocycles. The lowest BCUT2D eigenvalue weighted by Gasteiger charge is -2.27. The zero-order chi connectivity index (χ0) is 74.5. The molecule has 1 unspecified atom stereocenters. The van der Waals surface area contributed by atoms with E-state index in [0.29, 0.717) is 76.2 Å². The number of rotatable bonds is 8. The highest BCUT2D eigenvalue weighted by molar-refractivity contribution is 6.32. The zero-order valence-electron chi connectivity index (χ0n) is 69.2. The number of para-hydroxylation sites is 4. The van der Waals surface area contributed by atoms with E-state index in [2.05, 4.69) is 0 Å². The van der Waals surface area contributed by atoms with Crippen molar-refractivity contribution in [3.8, 4) is 0 Å². The van der Waals surface area contributed by atoms with E-state index in [4.69, 9.17) is 23.3 Å². The van der Waals surface area contributed by atoms with Crippen LogP contribution in [-0.4, -0.2) is 8.80 Å². The fourth-order valence-electron chi connectivity index (χ4n) is 10.8. The minimum Gasteiger partial charge on any atom is -0.310 e. The minimum atomic E-state index is -3.77. The predicted molar refractivity (Wildman–Crippen MR) is 311 cm³/mol. The molecule has 72 heavy (non-hydrogen) atoms. The van der Waals surface area contributed by atoms with Gasteiger partial charge in [0.1, 0.15) is 0 Å². The van der Waals surface area contributed by atoms with E-state index >= 15 is 0 Å². The molecule has 0 aliphatic carbocycles. The summed E-state index contributed by atoms with van der Waals surface area (Å²) in [4.78, 5) is 2.07. The van der Waals surface area contributed by atoms with Crippen molar-refractivity contribution in [1.29, 1.82) is 0 Å². The molecular weight excluding hydrogens is 873 g/mol. The fourth-order valence-corrected chi connectivity index (χ4v) is 10.8. The maximum Gasteiger partial charge on any atom is 0.0645 e. The summed E-state index contributed by atoms with van der Waals surface area (Å²) in [5, 5.41) is 3.99. The number of anilines is 6. The lowest BCUT2D eigenvalue weighted by atomic mass is 9.85. The van der Waals surface area contributed by atoms with Gasteiger partial charge in [-0.3, -0.25) is 0 Å². The van der Waals surface area contributed by atoms with Crippen molar-refractivity contribution < 1.29 is 39.8 Å². The molecule has 0 saturated carbocycles. The van der Waals surface area contributed by atoms with Gasteiger partial charge >= 0.3 is 0 Å². The monoisotopic (exact) mass is 964 g/mol. The maximum atomic E-state index is 9.72. The van der Waals surface area contributed by atoms with Crippen molar-refractivity contribution in [2.24, 2.45) is 0 Å². The van der Waals surface area contributed by atoms with Crippen molar-refractivity contribution in [2.75, 3.05) is 9.80 Å². The molecule has 13 rings (SSSR count). The molecule has 0 aliphatic heterocycles. The Bertz CT molecular complexity index is 5670. The van der Waals surface area contributed by atoms with Gasteiger partial charge < -0.3 is 18.6 Å². The topological polar surface area (TPSA) is 15.3 Å². The lowest BCUT2D eigenvalue weighted by Crippen LogP contribution is -2.12. The van der Waals surface area contributed by atoms with Gasteiger partial charge in [-0.15, -0.1) is 0 Å². The van der Waals surface area contributed by atoms with Gasteiger partial charge in [-0.25, -0.2) is 0 Å². The molecule has 4 nitrogen and oxygen atoms in total. The molecule has 354 valence electrons. The number of aromatic nitrogens is 2. The first kappa shape index (κ1) is 23.2. The van der Waals surface area contributed by atoms with Crippen molar-refractivity contribution >= 4 is 110 Å². The Kier molecular flexibility index (Phi) is 5.09. The molecule has 4 heteroatoms. The van der Waals surface area contributed by atoms with Crippen LogP contribution in [0.25, 0.3) is 76.2 Å². The number of hydrogen-bond acceptors (Lipinski definition) is 2. The molecule has 0 N–H and O–H groups in total. The predicted octanol–water partition coefficient (Wildman–Crippen LogP) is 19.8. The standard InChI is InChI=1S/C68H62N4/c1-41(2)43-27-31-47(32-28-43)69(45-19-13-11-14-20-45)57-37-35-49-53-39-60-54(40-59(53)71-63-51(61(57)65(49)71)23-17-25-55(63)67(5,6)7)50-36-38-58(62-52-24-18-26-56(68(8,9)10)64(52)72(60)66(50)62)70(46-21-15-12-16-22-46)48-33-29-44(30-34-48)42(3)4/h11-42H,1-10H3/i1D3,2D3,3D3,11D,12D,13D,14D,15D,16D,19D,20D,21D,22D,27D,28D,29D,30D,31D,32D,33D,34D,41D,42D. The van der Waals surface area contributed by atoms with Crippen LogP contribution in [0.15, 0.2) is 182 Å². The Morgan fingerprint density at radius 1 is 0.431 bits per heavy atom. The molecule has 0 fully saturated rings. The largest absolute Gasteiger partial charge is 0.310 e. The number of hydrogen-bond donors (Lipinski definition) is 0. The second-order valence-electron chi connectivity index (χ2n) is 20.2. The average molecular weight is 964 g/mol. The molecule has 0 aliphatic rings. The van der Waals surface area contributed by atoms with Gasteiger partial charge in [0.2, 0.25) is 0 Å². The Balaban J connectivity index is 1.21. The number of benzene rings is 9. The van der Waals surface area contributed by atoms with Crippen LogP contribution in [0.5, 0.6) is 0 Å². The third-order valence-electron chi connectivity index (χ3n) is 13.8. The molecular formula is C68H62N4. The van der Waals surface area contributed by atoms with Crippen LogP contribution in [0.4, 0.5) is 34.1 Å². The van der Waals surface area contributed by atoms with Crippen LogP contribution in [0.1, 0.15) is 143 Å². The smallest absolute Gasteiger partial charge is 0.0645 e. The van der Waals surface area contributed by atoms with Gasteiger partial charge in [0.05, 0.1) is 69.1 Å². The van der Waals surface area contributed by atoms with Crippen molar-refractivity contribution in [2.45, 2.75) is 91.6 Å². The van der Waals surface area contributed by atoms with Gasteiger partial charge in [0.25, 0.3) is 0 Å². The van der Waals surface area contributed by atoms with Crippen LogP contribution in [0.2, 0.25) is 0 Å². The summed E-state index contributed by atoms with van der Waals surface area (Å²) < 4.78 is 264. The molecule has 0 radical (unpaired) electrons. The van der Waals surface area contributed by atoms with Gasteiger partial charge in [-0.2, -0.15) is 0 Å². The molecule has 4 aromatic heterocycles. The van der Waals surface area contributed by atoms with E-state index in [1.54, 1.807) is 30.3 Å². The Morgan fingerprint density at radius 2 is 0.819 bits per heavy atom. The van der Waals surface area contributed by atoms with Crippen molar-refractivity contribution in [3.05, 3.63) is 204 Å². The maximum absolute atomic E-state index is 9.72. The highest BCUT2D eigenvalue weighted by atomic mass is 15.2. The molecule has 0 amide bonds. The van der Waals surface area contributed by atoms with Gasteiger partial charge in [0.15, 0.2) is 0 Å². The van der Waals surface area contributed by atoms with E-state index in [-0.39, 0.29) is 11.4 Å². The third kappa shape index (κ3) is 6.43. The number of fused-ring (bicyclic) bond motifs is 12. The summed E-state index contributed by atoms with van der Waals surface area (Å²) in [6.07, 6.45) is 0. The van der Waals surface area contributed by atoms with Gasteiger partial charge in [-0.1, -0.05) is 178 Å². The third-order valence-corrected chi connectivity index (χ3v) is 13.8. The summed E-state index contributed by atoms with van der Waals surface area (Å²) in [6.45, 7) is 2.20. The quantitative estimate of drug-likeness (QED) is 0.151. The molecule has 1 atom stereocenters. The summed E-state index contributed by atoms with van der Waals surface area (Å²) in [7, 11) is 0. The van der Waals surface area contributed by atoms with Crippen LogP contribution in [0, 0.1) is 0 Å². The summed E-state index contributed by atoms with van der Waals surface area (Å²) in [6, 6.07) is 5.03. The first-order valence-corrected chi connectivity index (χ1v) is 23.4. The Morgan fingerprint density at radius 3 is 1.21 bits per heavy atom. The molecule has 0 spiro atoms. The first-order chi connectivity index (χ1) is 46.5. The van der Waals surface area contributed by atoms with Gasteiger partial charge in [0, 0.05) is 80.9 Å². The SMILES string of the molecule is [2H]c1c([2H])c([2H])c(N(c2c([2H])c([2H])c(C([2H])(C)C([2H])([2H])[2H])c([2H])c2[2H])c2ccc3c4cc5c(cc4n4c6c(C(C)(C)C)cccc6c2c34)c2ccc(N(c3c([2H])c([2H])c([2H])c([2H])c3[2H])c3c([2H])c([2H])c(C([2H])(C([2H])([2H])[2H])C([2H])([2H])[2H])c([2H])c3[2H])c3c4cccc(C(C)(C)C)c4n5c23)c([2H])c1[2H]. The molecule has 0 bridgehead atoms. The second-order valence-corrected chi connectivity index (χ2v) is 20.2. The van der Waals surface area contributed by atoms with Crippen LogP contribution >= 0.6 is 0 Å². The molecule has 13 aromatic rings. The molecule has 9 aromatic carbocycles. The van der Waals surface area contributed by atoms with Crippen LogP contribution < -0.4 is 9.80 Å². The van der Waals surface area contributed by atoms with E-state index in [0.717, 1.165) is 27.9 Å². The summed E-state index contributed by atoms with van der Waals surface area (Å²) >= 11 is 0. The highest BCUT2D eigenvalue weighted by Gasteiger charge is 2.31. The fraction of sp³-hybridized carbons (Fsp3) is 0.206. The van der Waals surface area contributed by atoms with E-state index in [1.807, 2.05) is 86.7 Å². The Labute approximate surface area is 463 Å². The van der Waals surface area contributed by atoms with Crippen LogP contribution in [0.3, 0.4) is 0 Å². The highest BCUT2D eigenvalue weighted by Crippen LogP contribution is 2.53. The summed E-state index contributed by atoms with van der Waals surface area (Å²) in [5.41, 5.74) is -1.16. The van der Waals surface area contributed by atoms with Crippen LogP contribution in [-0.2, 0) is 10.8 Å². The first-order valence-electron chi connectivity index (χ1n) is 37.9. The van der Waals surface area contributed by atoms with E-state index in [1.165, 1.54) is 6.07 Å². The minimum absolute atomic E-state index is 0.0230. The van der Waals surface area contributed by atoms with E-state index in [9.17, 15) is 16.4 Å². The van der Waals surface area contributed by atoms with Gasteiger partial charge in [-0.05, 0) is 117 Å².